The van der Waals surface area contributed by atoms with Gasteiger partial charge in [0.2, 0.25) is 0 Å². The average Bonchev–Trinajstić information content (AvgIpc) is 2.63. The SMILES string of the molecule is Cc1c(CCCC(C)N)c(=O)n(-c2ccccc2)n1C. The lowest BCUT2D eigenvalue weighted by Gasteiger charge is -2.07. The molecular formula is C16H23N3O. The molecule has 2 aromatic rings. The molecule has 0 fully saturated rings. The molecule has 0 aliphatic rings. The van der Waals surface area contributed by atoms with Crippen LogP contribution in [0.2, 0.25) is 0 Å². The minimum atomic E-state index is 0.0841. The number of hydrogen-bond donors (Lipinski definition) is 1. The lowest BCUT2D eigenvalue weighted by Crippen LogP contribution is -2.21. The lowest BCUT2D eigenvalue weighted by molar-refractivity contribution is 0.621. The second-order valence-electron chi connectivity index (χ2n) is 5.41. The van der Waals surface area contributed by atoms with Gasteiger partial charge in [0, 0.05) is 24.3 Å². The maximum Gasteiger partial charge on any atom is 0.274 e. The van der Waals surface area contributed by atoms with Crippen LogP contribution in [0.1, 0.15) is 31.0 Å². The fourth-order valence-electron chi connectivity index (χ4n) is 2.51. The van der Waals surface area contributed by atoms with Crippen LogP contribution in [0.4, 0.5) is 0 Å². The Balaban J connectivity index is 2.35. The summed E-state index contributed by atoms with van der Waals surface area (Å²) in [4.78, 5) is 12.6. The van der Waals surface area contributed by atoms with Gasteiger partial charge in [-0.1, -0.05) is 18.2 Å². The predicted molar refractivity (Wildman–Crippen MR) is 82.3 cm³/mol. The molecule has 4 nitrogen and oxygen atoms in total. The molecule has 1 aromatic carbocycles. The van der Waals surface area contributed by atoms with Gasteiger partial charge in [0.05, 0.1) is 5.69 Å². The van der Waals surface area contributed by atoms with E-state index in [9.17, 15) is 4.79 Å². The summed E-state index contributed by atoms with van der Waals surface area (Å²) < 4.78 is 3.66. The van der Waals surface area contributed by atoms with Crippen LogP contribution in [0.25, 0.3) is 5.69 Å². The van der Waals surface area contributed by atoms with Crippen LogP contribution < -0.4 is 11.3 Å². The molecule has 0 saturated carbocycles. The molecule has 2 rings (SSSR count). The first-order valence-electron chi connectivity index (χ1n) is 7.11. The quantitative estimate of drug-likeness (QED) is 0.907. The number of nitrogens with zero attached hydrogens (tertiary/aromatic N) is 2. The van der Waals surface area contributed by atoms with Gasteiger partial charge in [-0.15, -0.1) is 0 Å². The monoisotopic (exact) mass is 273 g/mol. The Kier molecular flexibility index (Phi) is 4.45. The molecule has 0 amide bonds. The maximum atomic E-state index is 12.6. The standard InChI is InChI=1S/C16H23N3O/c1-12(17)8-7-11-15-13(2)18(3)19(16(15)20)14-9-5-4-6-10-14/h4-6,9-10,12H,7-8,11,17H2,1-3H3. The molecule has 0 saturated heterocycles. The Morgan fingerprint density at radius 3 is 2.50 bits per heavy atom. The van der Waals surface area contributed by atoms with Gasteiger partial charge in [0.1, 0.15) is 0 Å². The third-order valence-corrected chi connectivity index (χ3v) is 3.76. The number of rotatable bonds is 5. The highest BCUT2D eigenvalue weighted by Gasteiger charge is 2.15. The summed E-state index contributed by atoms with van der Waals surface area (Å²) in [6.07, 6.45) is 2.69. The third kappa shape index (κ3) is 2.85. The molecule has 4 heteroatoms. The van der Waals surface area contributed by atoms with Gasteiger partial charge in [-0.25, -0.2) is 4.68 Å². The molecule has 0 aliphatic carbocycles. The van der Waals surface area contributed by atoms with Gasteiger partial charge in [0.25, 0.3) is 5.56 Å². The number of para-hydroxylation sites is 1. The Hall–Kier alpha value is -1.81. The minimum Gasteiger partial charge on any atom is -0.328 e. The molecule has 0 spiro atoms. The van der Waals surface area contributed by atoms with Crippen LogP contribution in [-0.4, -0.2) is 15.4 Å². The Morgan fingerprint density at radius 2 is 1.90 bits per heavy atom. The first-order valence-corrected chi connectivity index (χ1v) is 7.11. The van der Waals surface area contributed by atoms with Crippen molar-refractivity contribution in [1.82, 2.24) is 9.36 Å². The molecule has 1 heterocycles. The summed E-state index contributed by atoms with van der Waals surface area (Å²) >= 11 is 0. The normalized spacial score (nSPS) is 12.6. The van der Waals surface area contributed by atoms with Crippen molar-refractivity contribution in [3.63, 3.8) is 0 Å². The molecular weight excluding hydrogens is 250 g/mol. The molecule has 1 aromatic heterocycles. The van der Waals surface area contributed by atoms with Crippen molar-refractivity contribution in [3.8, 4) is 5.69 Å². The van der Waals surface area contributed by atoms with Crippen molar-refractivity contribution in [2.45, 2.75) is 39.2 Å². The van der Waals surface area contributed by atoms with Crippen LogP contribution in [0, 0.1) is 6.92 Å². The van der Waals surface area contributed by atoms with E-state index in [1.54, 1.807) is 4.68 Å². The zero-order valence-corrected chi connectivity index (χ0v) is 12.5. The van der Waals surface area contributed by atoms with E-state index in [0.717, 1.165) is 36.2 Å². The highest BCUT2D eigenvalue weighted by Crippen LogP contribution is 2.12. The van der Waals surface area contributed by atoms with Gasteiger partial charge < -0.3 is 5.73 Å². The Bertz CT molecular complexity index is 623. The largest absolute Gasteiger partial charge is 0.328 e. The Labute approximate surface area is 119 Å². The van der Waals surface area contributed by atoms with Crippen LogP contribution in [0.5, 0.6) is 0 Å². The molecule has 0 bridgehead atoms. The van der Waals surface area contributed by atoms with Crippen molar-refractivity contribution in [1.29, 1.82) is 0 Å². The van der Waals surface area contributed by atoms with Gasteiger partial charge in [0.15, 0.2) is 0 Å². The summed E-state index contributed by atoms with van der Waals surface area (Å²) in [6, 6.07) is 9.93. The predicted octanol–water partition coefficient (Wildman–Crippen LogP) is 2.15. The van der Waals surface area contributed by atoms with Crippen molar-refractivity contribution >= 4 is 0 Å². The summed E-state index contributed by atoms with van der Waals surface area (Å²) in [5, 5.41) is 0. The number of benzene rings is 1. The molecule has 0 aliphatic heterocycles. The number of hydrogen-bond acceptors (Lipinski definition) is 2. The first kappa shape index (κ1) is 14.6. The molecule has 108 valence electrons. The van der Waals surface area contributed by atoms with Crippen LogP contribution in [-0.2, 0) is 13.5 Å². The number of nitrogens with two attached hydrogens (primary N) is 1. The fraction of sp³-hybridized carbons (Fsp3) is 0.438. The van der Waals surface area contributed by atoms with Crippen LogP contribution in [0.15, 0.2) is 35.1 Å². The highest BCUT2D eigenvalue weighted by molar-refractivity contribution is 5.33. The Morgan fingerprint density at radius 1 is 1.25 bits per heavy atom. The molecule has 20 heavy (non-hydrogen) atoms. The molecule has 2 N–H and O–H groups in total. The zero-order chi connectivity index (χ0) is 14.7. The third-order valence-electron chi connectivity index (χ3n) is 3.76. The van der Waals surface area contributed by atoms with Gasteiger partial charge in [-0.05, 0) is 45.2 Å². The van der Waals surface area contributed by atoms with Gasteiger partial charge in [-0.2, -0.15) is 0 Å². The second kappa shape index (κ2) is 6.09. The second-order valence-corrected chi connectivity index (χ2v) is 5.41. The van der Waals surface area contributed by atoms with E-state index in [1.807, 2.05) is 55.9 Å². The maximum absolute atomic E-state index is 12.6. The van der Waals surface area contributed by atoms with E-state index in [2.05, 4.69) is 0 Å². The topological polar surface area (TPSA) is 53.0 Å². The van der Waals surface area contributed by atoms with E-state index in [4.69, 9.17) is 5.73 Å². The van der Waals surface area contributed by atoms with Gasteiger partial charge >= 0.3 is 0 Å². The molecule has 1 unspecified atom stereocenters. The summed E-state index contributed by atoms with van der Waals surface area (Å²) in [7, 11) is 1.93. The summed E-state index contributed by atoms with van der Waals surface area (Å²) in [5.74, 6) is 0. The van der Waals surface area contributed by atoms with Gasteiger partial charge in [-0.3, -0.25) is 9.48 Å². The fourth-order valence-corrected chi connectivity index (χ4v) is 2.51. The highest BCUT2D eigenvalue weighted by atomic mass is 16.1. The van der Waals surface area contributed by atoms with Crippen LogP contribution in [0.3, 0.4) is 0 Å². The molecule has 1 atom stereocenters. The van der Waals surface area contributed by atoms with Crippen molar-refractivity contribution in [2.75, 3.05) is 0 Å². The van der Waals surface area contributed by atoms with Crippen molar-refractivity contribution in [3.05, 3.63) is 51.9 Å². The van der Waals surface area contributed by atoms with E-state index in [0.29, 0.717) is 0 Å². The van der Waals surface area contributed by atoms with E-state index >= 15 is 0 Å². The summed E-state index contributed by atoms with van der Waals surface area (Å²) in [6.45, 7) is 4.00. The smallest absolute Gasteiger partial charge is 0.274 e. The first-order chi connectivity index (χ1) is 9.52. The number of aromatic nitrogens is 2. The van der Waals surface area contributed by atoms with E-state index in [1.165, 1.54) is 0 Å². The zero-order valence-electron chi connectivity index (χ0n) is 12.5. The summed E-state index contributed by atoms with van der Waals surface area (Å²) in [5.41, 5.74) is 8.69. The van der Waals surface area contributed by atoms with Crippen molar-refractivity contribution in [2.24, 2.45) is 12.8 Å². The van der Waals surface area contributed by atoms with E-state index in [-0.39, 0.29) is 11.6 Å². The molecule has 0 radical (unpaired) electrons. The van der Waals surface area contributed by atoms with Crippen LogP contribution >= 0.6 is 0 Å². The van der Waals surface area contributed by atoms with E-state index < -0.39 is 0 Å². The minimum absolute atomic E-state index is 0.0841. The van der Waals surface area contributed by atoms with Crippen molar-refractivity contribution < 1.29 is 0 Å². The average molecular weight is 273 g/mol. The lowest BCUT2D eigenvalue weighted by atomic mass is 10.1.